The molecule has 4 nitrogen and oxygen atoms in total. The number of carbonyl (C=O) groups is 1. The molecular weight excluding hydrogens is 336 g/mol. The summed E-state index contributed by atoms with van der Waals surface area (Å²) in [5.41, 5.74) is 2.17. The monoisotopic (exact) mass is 370 g/mol. The van der Waals surface area contributed by atoms with Gasteiger partial charge in [0.25, 0.3) is 0 Å². The average Bonchev–Trinajstić information content (AvgIpc) is 2.55. The third-order valence-corrected chi connectivity index (χ3v) is 4.52. The van der Waals surface area contributed by atoms with Crippen molar-refractivity contribution in [2.45, 2.75) is 72.1 Å². The second kappa shape index (κ2) is 9.08. The normalized spacial score (nSPS) is 12.2. The molecule has 4 heteroatoms. The van der Waals surface area contributed by atoms with Crippen molar-refractivity contribution < 1.29 is 9.90 Å². The van der Waals surface area contributed by atoms with Crippen molar-refractivity contribution in [3.8, 4) is 11.8 Å². The quantitative estimate of drug-likeness (QED) is 0.556. The predicted molar refractivity (Wildman–Crippen MR) is 112 cm³/mol. The van der Waals surface area contributed by atoms with Crippen LogP contribution >= 0.6 is 0 Å². The van der Waals surface area contributed by atoms with E-state index in [1.54, 1.807) is 11.0 Å². The first kappa shape index (κ1) is 22.8. The van der Waals surface area contributed by atoms with E-state index < -0.39 is 0 Å². The maximum atomic E-state index is 12.5. The highest BCUT2D eigenvalue weighted by molar-refractivity contribution is 5.92. The zero-order valence-electron chi connectivity index (χ0n) is 17.9. The first-order valence-corrected chi connectivity index (χ1v) is 9.63. The van der Waals surface area contributed by atoms with Crippen molar-refractivity contribution in [3.05, 3.63) is 34.9 Å². The summed E-state index contributed by atoms with van der Waals surface area (Å²) < 4.78 is 0. The summed E-state index contributed by atoms with van der Waals surface area (Å²) in [6.07, 6.45) is 5.16. The molecule has 0 bridgehead atoms. The van der Waals surface area contributed by atoms with Crippen molar-refractivity contribution >= 4 is 12.0 Å². The fourth-order valence-corrected chi connectivity index (χ4v) is 2.87. The van der Waals surface area contributed by atoms with E-state index in [0.717, 1.165) is 29.5 Å². The van der Waals surface area contributed by atoms with Crippen LogP contribution < -0.4 is 0 Å². The van der Waals surface area contributed by atoms with E-state index in [0.29, 0.717) is 12.3 Å². The van der Waals surface area contributed by atoms with Crippen LogP contribution in [0.5, 0.6) is 5.75 Å². The third-order valence-electron chi connectivity index (χ3n) is 4.52. The van der Waals surface area contributed by atoms with Crippen molar-refractivity contribution in [2.75, 3.05) is 13.1 Å². The molecule has 0 saturated carbocycles. The summed E-state index contributed by atoms with van der Waals surface area (Å²) in [5, 5.41) is 19.7. The molecule has 0 atom stereocenters. The first-order valence-electron chi connectivity index (χ1n) is 9.63. The van der Waals surface area contributed by atoms with Crippen LogP contribution in [0.25, 0.3) is 6.08 Å². The molecule has 1 aromatic carbocycles. The first-order chi connectivity index (χ1) is 12.4. The van der Waals surface area contributed by atoms with Gasteiger partial charge in [-0.05, 0) is 41.0 Å². The van der Waals surface area contributed by atoms with Gasteiger partial charge in [-0.2, -0.15) is 5.26 Å². The Morgan fingerprint density at radius 1 is 1.15 bits per heavy atom. The summed E-state index contributed by atoms with van der Waals surface area (Å²) in [6.45, 7) is 15.1. The van der Waals surface area contributed by atoms with Gasteiger partial charge in [0.2, 0.25) is 5.91 Å². The maximum Gasteiger partial charge on any atom is 0.247 e. The molecule has 0 aliphatic rings. The molecule has 0 radical (unpaired) electrons. The molecule has 0 unspecified atom stereocenters. The Hall–Kier alpha value is -2.28. The molecule has 0 aromatic heterocycles. The number of phenols is 1. The van der Waals surface area contributed by atoms with Gasteiger partial charge in [0.1, 0.15) is 12.3 Å². The van der Waals surface area contributed by atoms with E-state index in [9.17, 15) is 9.90 Å². The minimum Gasteiger partial charge on any atom is -0.507 e. The number of nitrogens with zero attached hydrogens (tertiary/aromatic N) is 2. The van der Waals surface area contributed by atoms with Gasteiger partial charge < -0.3 is 10.0 Å². The van der Waals surface area contributed by atoms with Gasteiger partial charge in [0.15, 0.2) is 0 Å². The molecule has 27 heavy (non-hydrogen) atoms. The van der Waals surface area contributed by atoms with Crippen molar-refractivity contribution in [1.82, 2.24) is 4.90 Å². The molecule has 0 spiro atoms. The lowest BCUT2D eigenvalue weighted by molar-refractivity contribution is -0.125. The minimum atomic E-state index is -0.216. The van der Waals surface area contributed by atoms with Gasteiger partial charge in [-0.15, -0.1) is 0 Å². The van der Waals surface area contributed by atoms with Crippen LogP contribution in [0.2, 0.25) is 0 Å². The number of aromatic hydroxyl groups is 1. The Morgan fingerprint density at radius 2 is 1.67 bits per heavy atom. The van der Waals surface area contributed by atoms with E-state index in [2.05, 4.69) is 54.5 Å². The Morgan fingerprint density at radius 3 is 2.07 bits per heavy atom. The largest absolute Gasteiger partial charge is 0.507 e. The fraction of sp³-hybridized carbons (Fsp3) is 0.565. The Balaban J connectivity index is 3.28. The van der Waals surface area contributed by atoms with Crippen LogP contribution in [0, 0.1) is 11.3 Å². The van der Waals surface area contributed by atoms with Gasteiger partial charge in [0, 0.05) is 23.7 Å². The number of unbranched alkanes of at least 4 members (excludes halogenated alkanes) is 1. The molecule has 148 valence electrons. The van der Waals surface area contributed by atoms with Crippen LogP contribution in [-0.4, -0.2) is 29.0 Å². The van der Waals surface area contributed by atoms with E-state index in [1.165, 1.54) is 6.08 Å². The maximum absolute atomic E-state index is 12.5. The Kier molecular flexibility index (Phi) is 7.65. The van der Waals surface area contributed by atoms with Crippen molar-refractivity contribution in [2.24, 2.45) is 0 Å². The molecule has 1 N–H and O–H groups in total. The van der Waals surface area contributed by atoms with Gasteiger partial charge in [-0.1, -0.05) is 54.9 Å². The highest BCUT2D eigenvalue weighted by Gasteiger charge is 2.26. The summed E-state index contributed by atoms with van der Waals surface area (Å²) in [6, 6.07) is 5.94. The number of hydrogen-bond donors (Lipinski definition) is 1. The summed E-state index contributed by atoms with van der Waals surface area (Å²) in [7, 11) is 0. The molecule has 0 heterocycles. The average molecular weight is 371 g/mol. The molecule has 1 rings (SSSR count). The van der Waals surface area contributed by atoms with E-state index in [-0.39, 0.29) is 23.3 Å². The number of phenolic OH excluding ortho intramolecular Hbond substituents is 1. The molecule has 0 saturated heterocycles. The van der Waals surface area contributed by atoms with E-state index in [4.69, 9.17) is 5.26 Å². The van der Waals surface area contributed by atoms with Crippen LogP contribution in [0.15, 0.2) is 18.2 Å². The highest BCUT2D eigenvalue weighted by Crippen LogP contribution is 2.40. The molecular formula is C23H34N2O2. The van der Waals surface area contributed by atoms with Crippen LogP contribution in [0.3, 0.4) is 0 Å². The van der Waals surface area contributed by atoms with Crippen molar-refractivity contribution in [1.29, 1.82) is 5.26 Å². The molecule has 1 amide bonds. The zero-order chi connectivity index (χ0) is 20.8. The number of rotatable bonds is 6. The zero-order valence-corrected chi connectivity index (χ0v) is 17.9. The van der Waals surface area contributed by atoms with Crippen LogP contribution in [0.4, 0.5) is 0 Å². The molecule has 0 fully saturated rings. The fourth-order valence-electron chi connectivity index (χ4n) is 2.87. The lowest BCUT2D eigenvalue weighted by Gasteiger charge is -2.28. The van der Waals surface area contributed by atoms with E-state index >= 15 is 0 Å². The second-order valence-electron chi connectivity index (χ2n) is 9.07. The summed E-state index contributed by atoms with van der Waals surface area (Å²) in [5.74, 6) is 0.167. The standard InChI is InChI=1S/C23H34N2O2/c1-8-9-13-25(14-12-24)20(26)11-10-17-15-18(22(2,3)4)21(27)19(16-17)23(5,6)7/h10-11,15-16,27H,8-9,13-14H2,1-7H3/b11-10+. The van der Waals surface area contributed by atoms with E-state index in [1.807, 2.05) is 12.1 Å². The number of benzene rings is 1. The van der Waals surface area contributed by atoms with Crippen molar-refractivity contribution in [3.63, 3.8) is 0 Å². The minimum absolute atomic E-state index is 0.0965. The van der Waals surface area contributed by atoms with Gasteiger partial charge in [-0.3, -0.25) is 4.79 Å². The number of nitriles is 1. The lowest BCUT2D eigenvalue weighted by Crippen LogP contribution is -2.30. The SMILES string of the molecule is CCCCN(CC#N)C(=O)/C=C/c1cc(C(C)(C)C)c(O)c(C(C)(C)C)c1. The Labute approximate surface area is 164 Å². The van der Waals surface area contributed by atoms with Gasteiger partial charge in [0.05, 0.1) is 6.07 Å². The summed E-state index contributed by atoms with van der Waals surface area (Å²) in [4.78, 5) is 14.0. The molecule has 0 aliphatic heterocycles. The van der Waals surface area contributed by atoms with Gasteiger partial charge in [-0.25, -0.2) is 0 Å². The molecule has 1 aromatic rings. The lowest BCUT2D eigenvalue weighted by atomic mass is 9.78. The molecule has 0 aliphatic carbocycles. The Bertz CT molecular complexity index is 693. The predicted octanol–water partition coefficient (Wildman–Crippen LogP) is 5.15. The van der Waals surface area contributed by atoms with Gasteiger partial charge >= 0.3 is 0 Å². The third kappa shape index (κ3) is 6.43. The van der Waals surface area contributed by atoms with Crippen LogP contribution in [-0.2, 0) is 15.6 Å². The smallest absolute Gasteiger partial charge is 0.247 e. The summed E-state index contributed by atoms with van der Waals surface area (Å²) >= 11 is 0. The highest BCUT2D eigenvalue weighted by atomic mass is 16.3. The number of hydrogen-bond acceptors (Lipinski definition) is 3. The second-order valence-corrected chi connectivity index (χ2v) is 9.07. The topological polar surface area (TPSA) is 64.3 Å². The number of carbonyl (C=O) groups excluding carboxylic acids is 1. The van der Waals surface area contributed by atoms with Crippen LogP contribution in [0.1, 0.15) is 78.0 Å². The number of amides is 1.